The number of pyridine rings is 1. The normalized spacial score (nSPS) is 14.9. The second-order valence-electron chi connectivity index (χ2n) is 8.85. The molecule has 3 amide bonds. The summed E-state index contributed by atoms with van der Waals surface area (Å²) in [7, 11) is 0. The van der Waals surface area contributed by atoms with E-state index in [9.17, 15) is 14.4 Å². The van der Waals surface area contributed by atoms with Crippen LogP contribution in [0.25, 0.3) is 0 Å². The zero-order valence-corrected chi connectivity index (χ0v) is 21.1. The maximum Gasteiger partial charge on any atom is 0.256 e. The van der Waals surface area contributed by atoms with Crippen molar-refractivity contribution in [2.75, 3.05) is 10.6 Å². The lowest BCUT2D eigenvalue weighted by Gasteiger charge is -2.28. The van der Waals surface area contributed by atoms with Crippen LogP contribution in [0.5, 0.6) is 0 Å². The summed E-state index contributed by atoms with van der Waals surface area (Å²) in [5.74, 6) is -0.628. The molecule has 3 heterocycles. The van der Waals surface area contributed by atoms with Crippen LogP contribution in [0.4, 0.5) is 11.5 Å². The molecular weight excluding hydrogens is 504 g/mol. The minimum absolute atomic E-state index is 0.150. The minimum Gasteiger partial charge on any atom is -0.323 e. The standard InChI is InChI=1S/C28H23ClN6O3/c1-17-14-32-25(15-31-17)34-26(36)19-7-5-18(6-8-19)16-35-24(13-21-4-2-3-11-30-21)27(37)33-23-12-20(29)9-10-22(23)28(35)38/h2-12,14-15,24H,13,16H2,1H3,(H,33,37)(H,32,34,36). The maximum absolute atomic E-state index is 13.7. The van der Waals surface area contributed by atoms with Gasteiger partial charge in [-0.05, 0) is 55.0 Å². The quantitative estimate of drug-likeness (QED) is 0.387. The number of hydrogen-bond acceptors (Lipinski definition) is 6. The molecule has 0 aliphatic carbocycles. The van der Waals surface area contributed by atoms with Crippen molar-refractivity contribution < 1.29 is 14.4 Å². The molecule has 38 heavy (non-hydrogen) atoms. The summed E-state index contributed by atoms with van der Waals surface area (Å²) in [6.07, 6.45) is 4.94. The highest BCUT2D eigenvalue weighted by molar-refractivity contribution is 6.31. The van der Waals surface area contributed by atoms with Gasteiger partial charge in [-0.15, -0.1) is 0 Å². The van der Waals surface area contributed by atoms with Crippen molar-refractivity contribution in [2.45, 2.75) is 25.9 Å². The van der Waals surface area contributed by atoms with Crippen LogP contribution < -0.4 is 10.6 Å². The molecule has 5 rings (SSSR count). The molecule has 2 aromatic carbocycles. The lowest BCUT2D eigenvalue weighted by atomic mass is 10.0. The number of halogens is 1. The van der Waals surface area contributed by atoms with Crippen LogP contribution >= 0.6 is 11.6 Å². The predicted molar refractivity (Wildman–Crippen MR) is 143 cm³/mol. The molecule has 0 radical (unpaired) electrons. The number of anilines is 2. The van der Waals surface area contributed by atoms with Crippen LogP contribution in [0, 0.1) is 6.92 Å². The first-order valence-electron chi connectivity index (χ1n) is 11.9. The Morgan fingerprint density at radius 3 is 2.55 bits per heavy atom. The number of aromatic nitrogens is 3. The van der Waals surface area contributed by atoms with Crippen molar-refractivity contribution in [1.82, 2.24) is 19.9 Å². The lowest BCUT2D eigenvalue weighted by Crippen LogP contribution is -2.46. The van der Waals surface area contributed by atoms with Gasteiger partial charge in [0.1, 0.15) is 6.04 Å². The van der Waals surface area contributed by atoms with Crippen LogP contribution in [-0.2, 0) is 17.8 Å². The Morgan fingerprint density at radius 1 is 1.03 bits per heavy atom. The number of fused-ring (bicyclic) bond motifs is 1. The van der Waals surface area contributed by atoms with Crippen LogP contribution in [0.1, 0.15) is 37.7 Å². The summed E-state index contributed by atoms with van der Waals surface area (Å²) in [6.45, 7) is 1.96. The fourth-order valence-corrected chi connectivity index (χ4v) is 4.34. The number of amides is 3. The molecule has 1 aliphatic rings. The molecule has 1 unspecified atom stereocenters. The van der Waals surface area contributed by atoms with Gasteiger partial charge in [0.15, 0.2) is 5.82 Å². The summed E-state index contributed by atoms with van der Waals surface area (Å²) >= 11 is 6.13. The van der Waals surface area contributed by atoms with Crippen molar-refractivity contribution in [3.63, 3.8) is 0 Å². The van der Waals surface area contributed by atoms with Crippen molar-refractivity contribution in [3.8, 4) is 0 Å². The van der Waals surface area contributed by atoms with E-state index in [1.54, 1.807) is 60.9 Å². The summed E-state index contributed by atoms with van der Waals surface area (Å²) in [5.41, 5.74) is 3.31. The Bertz CT molecular complexity index is 1490. The number of benzene rings is 2. The van der Waals surface area contributed by atoms with Gasteiger partial charge in [0.2, 0.25) is 5.91 Å². The largest absolute Gasteiger partial charge is 0.323 e. The van der Waals surface area contributed by atoms with Crippen molar-refractivity contribution >= 4 is 40.8 Å². The van der Waals surface area contributed by atoms with Gasteiger partial charge >= 0.3 is 0 Å². The third-order valence-corrected chi connectivity index (χ3v) is 6.36. The van der Waals surface area contributed by atoms with E-state index in [1.165, 1.54) is 11.1 Å². The summed E-state index contributed by atoms with van der Waals surface area (Å²) < 4.78 is 0. The fraction of sp³-hybridized carbons (Fsp3) is 0.143. The van der Waals surface area contributed by atoms with E-state index in [0.29, 0.717) is 33.3 Å². The maximum atomic E-state index is 13.7. The van der Waals surface area contributed by atoms with Crippen molar-refractivity contribution in [3.05, 3.63) is 112 Å². The smallest absolute Gasteiger partial charge is 0.256 e. The van der Waals surface area contributed by atoms with E-state index in [2.05, 4.69) is 25.6 Å². The molecule has 2 N–H and O–H groups in total. The molecule has 1 aliphatic heterocycles. The number of carbonyl (C=O) groups excluding carboxylic acids is 3. The molecule has 10 heteroatoms. The Balaban J connectivity index is 1.40. The Labute approximate surface area is 223 Å². The van der Waals surface area contributed by atoms with Gasteiger partial charge < -0.3 is 15.5 Å². The van der Waals surface area contributed by atoms with E-state index in [4.69, 9.17) is 11.6 Å². The van der Waals surface area contributed by atoms with E-state index in [-0.39, 0.29) is 30.7 Å². The summed E-state index contributed by atoms with van der Waals surface area (Å²) in [5, 5.41) is 5.98. The van der Waals surface area contributed by atoms with Gasteiger partial charge in [-0.3, -0.25) is 24.4 Å². The first-order chi connectivity index (χ1) is 18.4. The molecule has 0 saturated heterocycles. The first kappa shape index (κ1) is 25.0. The van der Waals surface area contributed by atoms with Gasteiger partial charge in [-0.2, -0.15) is 0 Å². The third-order valence-electron chi connectivity index (χ3n) is 6.13. The molecular formula is C28H23ClN6O3. The van der Waals surface area contributed by atoms with Gasteiger partial charge in [0.25, 0.3) is 11.8 Å². The number of rotatable bonds is 6. The first-order valence-corrected chi connectivity index (χ1v) is 12.3. The number of hydrogen-bond donors (Lipinski definition) is 2. The summed E-state index contributed by atoms with van der Waals surface area (Å²) in [6, 6.07) is 16.3. The highest BCUT2D eigenvalue weighted by Gasteiger charge is 2.36. The van der Waals surface area contributed by atoms with Crippen LogP contribution in [0.2, 0.25) is 5.02 Å². The second kappa shape index (κ2) is 10.8. The van der Waals surface area contributed by atoms with Gasteiger partial charge in [-0.25, -0.2) is 4.98 Å². The average molecular weight is 527 g/mol. The summed E-state index contributed by atoms with van der Waals surface area (Å²) in [4.78, 5) is 53.8. The monoisotopic (exact) mass is 526 g/mol. The molecule has 0 fully saturated rings. The average Bonchev–Trinajstić information content (AvgIpc) is 3.00. The van der Waals surface area contributed by atoms with Gasteiger partial charge in [0.05, 0.1) is 29.3 Å². The van der Waals surface area contributed by atoms with E-state index < -0.39 is 6.04 Å². The van der Waals surface area contributed by atoms with E-state index >= 15 is 0 Å². The molecule has 2 aromatic heterocycles. The van der Waals surface area contributed by atoms with Crippen LogP contribution in [0.15, 0.2) is 79.3 Å². The van der Waals surface area contributed by atoms with E-state index in [0.717, 1.165) is 11.3 Å². The highest BCUT2D eigenvalue weighted by atomic mass is 35.5. The van der Waals surface area contributed by atoms with Gasteiger partial charge in [-0.1, -0.05) is 29.8 Å². The third kappa shape index (κ3) is 5.52. The molecule has 1 atom stereocenters. The Morgan fingerprint density at radius 2 is 1.84 bits per heavy atom. The molecule has 9 nitrogen and oxygen atoms in total. The second-order valence-corrected chi connectivity index (χ2v) is 9.28. The van der Waals surface area contributed by atoms with Crippen LogP contribution in [-0.4, -0.2) is 43.6 Å². The Hall–Kier alpha value is -4.63. The molecule has 0 spiro atoms. The zero-order chi connectivity index (χ0) is 26.6. The minimum atomic E-state index is -0.813. The molecule has 0 saturated carbocycles. The molecule has 190 valence electrons. The molecule has 4 aromatic rings. The number of aryl methyl sites for hydroxylation is 1. The zero-order valence-electron chi connectivity index (χ0n) is 20.4. The molecule has 0 bridgehead atoms. The van der Waals surface area contributed by atoms with Gasteiger partial charge in [0, 0.05) is 35.4 Å². The Kier molecular flexibility index (Phi) is 7.10. The number of nitrogens with one attached hydrogen (secondary N) is 2. The number of carbonyl (C=O) groups is 3. The topological polar surface area (TPSA) is 117 Å². The number of nitrogens with zero attached hydrogens (tertiary/aromatic N) is 4. The predicted octanol–water partition coefficient (Wildman–Crippen LogP) is 4.29. The van der Waals surface area contributed by atoms with Crippen LogP contribution in [0.3, 0.4) is 0 Å². The SMILES string of the molecule is Cc1cnc(NC(=O)c2ccc(CN3C(=O)c4ccc(Cl)cc4NC(=O)C3Cc3ccccn3)cc2)cn1. The fourth-order valence-electron chi connectivity index (χ4n) is 4.17. The van der Waals surface area contributed by atoms with E-state index in [1.807, 2.05) is 19.1 Å². The van der Waals surface area contributed by atoms with Crippen molar-refractivity contribution in [2.24, 2.45) is 0 Å². The lowest BCUT2D eigenvalue weighted by molar-refractivity contribution is -0.120. The van der Waals surface area contributed by atoms with Crippen molar-refractivity contribution in [1.29, 1.82) is 0 Å². The highest BCUT2D eigenvalue weighted by Crippen LogP contribution is 2.28.